The highest BCUT2D eigenvalue weighted by atomic mass is 35.5. The molecule has 0 saturated heterocycles. The predicted molar refractivity (Wildman–Crippen MR) is 77.9 cm³/mol. The zero-order valence-electron chi connectivity index (χ0n) is 10.9. The van der Waals surface area contributed by atoms with Crippen molar-refractivity contribution in [2.75, 3.05) is 6.54 Å². The van der Waals surface area contributed by atoms with Crippen molar-refractivity contribution in [3.05, 3.63) is 35.9 Å². The number of hydrogen-bond donors (Lipinski definition) is 2. The first-order chi connectivity index (χ1) is 8.18. The molecule has 0 aliphatic heterocycles. The van der Waals surface area contributed by atoms with Crippen molar-refractivity contribution in [1.82, 2.24) is 5.32 Å². The van der Waals surface area contributed by atoms with Crippen molar-refractivity contribution in [3.63, 3.8) is 0 Å². The number of amides is 1. The minimum Gasteiger partial charge on any atom is -0.356 e. The number of nitrogens with one attached hydrogen (secondary N) is 1. The summed E-state index contributed by atoms with van der Waals surface area (Å²) in [5.41, 5.74) is 6.89. The van der Waals surface area contributed by atoms with Gasteiger partial charge in [0.05, 0.1) is 0 Å². The molecule has 0 spiro atoms. The van der Waals surface area contributed by atoms with Crippen LogP contribution in [0.3, 0.4) is 0 Å². The van der Waals surface area contributed by atoms with E-state index in [4.69, 9.17) is 5.73 Å². The molecule has 0 aliphatic rings. The van der Waals surface area contributed by atoms with Gasteiger partial charge in [-0.1, -0.05) is 30.3 Å². The first-order valence-electron chi connectivity index (χ1n) is 6.24. The van der Waals surface area contributed by atoms with Gasteiger partial charge in [-0.15, -0.1) is 12.4 Å². The van der Waals surface area contributed by atoms with E-state index in [1.165, 1.54) is 5.56 Å². The van der Waals surface area contributed by atoms with Gasteiger partial charge >= 0.3 is 0 Å². The first-order valence-corrected chi connectivity index (χ1v) is 6.24. The Morgan fingerprint density at radius 1 is 1.33 bits per heavy atom. The zero-order valence-corrected chi connectivity index (χ0v) is 11.7. The molecule has 3 N–H and O–H groups in total. The van der Waals surface area contributed by atoms with Crippen molar-refractivity contribution >= 4 is 18.3 Å². The molecule has 0 aromatic heterocycles. The Morgan fingerprint density at radius 2 is 2.00 bits per heavy atom. The largest absolute Gasteiger partial charge is 0.356 e. The maximum absolute atomic E-state index is 11.5. The zero-order chi connectivity index (χ0) is 12.5. The van der Waals surface area contributed by atoms with Gasteiger partial charge in [0.15, 0.2) is 0 Å². The Balaban J connectivity index is 0.00000289. The molecule has 1 amide bonds. The van der Waals surface area contributed by atoms with Gasteiger partial charge in [-0.3, -0.25) is 4.79 Å². The molecular formula is C14H23ClN2O. The lowest BCUT2D eigenvalue weighted by atomic mass is 10.1. The van der Waals surface area contributed by atoms with Crippen LogP contribution in [-0.4, -0.2) is 18.5 Å². The van der Waals surface area contributed by atoms with E-state index in [1.54, 1.807) is 0 Å². The van der Waals surface area contributed by atoms with Gasteiger partial charge in [0.2, 0.25) is 5.91 Å². The molecule has 18 heavy (non-hydrogen) atoms. The maximum atomic E-state index is 11.5. The van der Waals surface area contributed by atoms with Crippen LogP contribution in [0.4, 0.5) is 0 Å². The molecule has 0 aliphatic carbocycles. The van der Waals surface area contributed by atoms with Gasteiger partial charge in [0.25, 0.3) is 0 Å². The van der Waals surface area contributed by atoms with Crippen molar-refractivity contribution in [1.29, 1.82) is 0 Å². The third kappa shape index (κ3) is 8.09. The van der Waals surface area contributed by atoms with E-state index >= 15 is 0 Å². The lowest BCUT2D eigenvalue weighted by molar-refractivity contribution is -0.121. The second-order valence-corrected chi connectivity index (χ2v) is 4.46. The minimum absolute atomic E-state index is 0. The fraction of sp³-hybridized carbons (Fsp3) is 0.500. The highest BCUT2D eigenvalue weighted by Gasteiger charge is 2.01. The molecule has 1 rings (SSSR count). The molecule has 0 radical (unpaired) electrons. The summed E-state index contributed by atoms with van der Waals surface area (Å²) in [4.78, 5) is 11.5. The lowest BCUT2D eigenvalue weighted by Gasteiger charge is -2.07. The van der Waals surface area contributed by atoms with E-state index in [2.05, 4.69) is 17.4 Å². The van der Waals surface area contributed by atoms with Crippen LogP contribution in [0.2, 0.25) is 0 Å². The van der Waals surface area contributed by atoms with E-state index < -0.39 is 0 Å². The molecular weight excluding hydrogens is 248 g/mol. The van der Waals surface area contributed by atoms with Crippen molar-refractivity contribution in [2.45, 2.75) is 38.6 Å². The Kier molecular flexibility index (Phi) is 9.33. The number of carbonyl (C=O) groups is 1. The number of rotatable bonds is 7. The van der Waals surface area contributed by atoms with Gasteiger partial charge in [-0.25, -0.2) is 0 Å². The third-order valence-electron chi connectivity index (χ3n) is 2.63. The van der Waals surface area contributed by atoms with E-state index in [9.17, 15) is 4.79 Å². The molecule has 0 fully saturated rings. The second kappa shape index (κ2) is 9.92. The SMILES string of the molecule is CC(N)CCNC(=O)CCCc1ccccc1.Cl. The van der Waals surface area contributed by atoms with Gasteiger partial charge in [0, 0.05) is 19.0 Å². The van der Waals surface area contributed by atoms with Crippen molar-refractivity contribution in [3.8, 4) is 0 Å². The topological polar surface area (TPSA) is 55.1 Å². The summed E-state index contributed by atoms with van der Waals surface area (Å²) in [6.45, 7) is 2.63. The fourth-order valence-corrected chi connectivity index (χ4v) is 1.63. The number of aryl methyl sites for hydroxylation is 1. The molecule has 3 nitrogen and oxygen atoms in total. The Morgan fingerprint density at radius 3 is 2.61 bits per heavy atom. The van der Waals surface area contributed by atoms with Crippen LogP contribution < -0.4 is 11.1 Å². The van der Waals surface area contributed by atoms with Gasteiger partial charge in [-0.05, 0) is 31.7 Å². The normalized spacial score (nSPS) is 11.4. The molecule has 1 aromatic rings. The molecule has 0 heterocycles. The van der Waals surface area contributed by atoms with Crippen LogP contribution in [0.15, 0.2) is 30.3 Å². The number of hydrogen-bond acceptors (Lipinski definition) is 2. The quantitative estimate of drug-likeness (QED) is 0.799. The summed E-state index contributed by atoms with van der Waals surface area (Å²) in [7, 11) is 0. The average Bonchev–Trinajstić information content (AvgIpc) is 2.30. The smallest absolute Gasteiger partial charge is 0.220 e. The Bertz CT molecular complexity index is 328. The predicted octanol–water partition coefficient (Wildman–Crippen LogP) is 2.28. The van der Waals surface area contributed by atoms with Crippen LogP contribution >= 0.6 is 12.4 Å². The number of nitrogens with two attached hydrogens (primary N) is 1. The summed E-state index contributed by atoms with van der Waals surface area (Å²) in [6.07, 6.45) is 3.29. The standard InChI is InChI=1S/C14H22N2O.ClH/c1-12(15)10-11-16-14(17)9-5-8-13-6-3-2-4-7-13;/h2-4,6-7,12H,5,8-11,15H2,1H3,(H,16,17);1H. The van der Waals surface area contributed by atoms with Crippen LogP contribution in [-0.2, 0) is 11.2 Å². The van der Waals surface area contributed by atoms with E-state index in [0.29, 0.717) is 13.0 Å². The van der Waals surface area contributed by atoms with Crippen LogP contribution in [0.5, 0.6) is 0 Å². The summed E-state index contributed by atoms with van der Waals surface area (Å²) in [5.74, 6) is 0.126. The van der Waals surface area contributed by atoms with E-state index in [0.717, 1.165) is 19.3 Å². The van der Waals surface area contributed by atoms with Gasteiger partial charge < -0.3 is 11.1 Å². The molecule has 0 bridgehead atoms. The Hall–Kier alpha value is -1.06. The molecule has 102 valence electrons. The van der Waals surface area contributed by atoms with Crippen LogP contribution in [0, 0.1) is 0 Å². The van der Waals surface area contributed by atoms with E-state index in [1.807, 2.05) is 25.1 Å². The molecule has 0 saturated carbocycles. The van der Waals surface area contributed by atoms with Gasteiger partial charge in [-0.2, -0.15) is 0 Å². The summed E-state index contributed by atoms with van der Waals surface area (Å²) in [5, 5.41) is 2.88. The van der Waals surface area contributed by atoms with Gasteiger partial charge in [0.1, 0.15) is 0 Å². The fourth-order valence-electron chi connectivity index (χ4n) is 1.63. The number of benzene rings is 1. The van der Waals surface area contributed by atoms with Crippen molar-refractivity contribution < 1.29 is 4.79 Å². The lowest BCUT2D eigenvalue weighted by Crippen LogP contribution is -2.28. The molecule has 1 aromatic carbocycles. The first kappa shape index (κ1) is 16.9. The van der Waals surface area contributed by atoms with Crippen LogP contribution in [0.25, 0.3) is 0 Å². The highest BCUT2D eigenvalue weighted by molar-refractivity contribution is 5.85. The average molecular weight is 271 g/mol. The molecule has 1 unspecified atom stereocenters. The summed E-state index contributed by atoms with van der Waals surface area (Å²) >= 11 is 0. The summed E-state index contributed by atoms with van der Waals surface area (Å²) < 4.78 is 0. The molecule has 4 heteroatoms. The second-order valence-electron chi connectivity index (χ2n) is 4.46. The highest BCUT2D eigenvalue weighted by Crippen LogP contribution is 2.04. The summed E-state index contributed by atoms with van der Waals surface area (Å²) in [6, 6.07) is 10.4. The molecule has 1 atom stereocenters. The number of carbonyl (C=O) groups excluding carboxylic acids is 1. The van der Waals surface area contributed by atoms with Crippen LogP contribution in [0.1, 0.15) is 31.7 Å². The monoisotopic (exact) mass is 270 g/mol. The minimum atomic E-state index is 0. The Labute approximate surface area is 116 Å². The third-order valence-corrected chi connectivity index (χ3v) is 2.63. The van der Waals surface area contributed by atoms with Crippen molar-refractivity contribution in [2.24, 2.45) is 5.73 Å². The van der Waals surface area contributed by atoms with E-state index in [-0.39, 0.29) is 24.4 Å². The maximum Gasteiger partial charge on any atom is 0.220 e. The number of halogens is 1.